The maximum Gasteiger partial charge on any atom is 0.272 e. The highest BCUT2D eigenvalue weighted by Gasteiger charge is 2.27. The highest BCUT2D eigenvalue weighted by atomic mass is 35.5. The average Bonchev–Trinajstić information content (AvgIpc) is 2.47. The van der Waals surface area contributed by atoms with E-state index < -0.39 is 4.92 Å². The van der Waals surface area contributed by atoms with Crippen LogP contribution in [-0.2, 0) is 0 Å². The Morgan fingerprint density at radius 1 is 1.45 bits per heavy atom. The molecule has 7 heteroatoms. The maximum absolute atomic E-state index is 12.6. The molecule has 0 saturated carbocycles. The van der Waals surface area contributed by atoms with Gasteiger partial charge in [-0.3, -0.25) is 14.9 Å². The lowest BCUT2D eigenvalue weighted by Crippen LogP contribution is -2.44. The number of aryl methyl sites for hydroxylation is 1. The third kappa shape index (κ3) is 3.96. The van der Waals surface area contributed by atoms with Crippen molar-refractivity contribution in [3.05, 3.63) is 39.4 Å². The molecule has 2 N–H and O–H groups in total. The molecule has 122 valence electrons. The number of nitrogens with zero attached hydrogens (tertiary/aromatic N) is 2. The van der Waals surface area contributed by atoms with Crippen molar-refractivity contribution in [1.29, 1.82) is 0 Å². The van der Waals surface area contributed by atoms with E-state index in [-0.39, 0.29) is 30.0 Å². The van der Waals surface area contributed by atoms with Gasteiger partial charge in [-0.2, -0.15) is 0 Å². The smallest absolute Gasteiger partial charge is 0.272 e. The van der Waals surface area contributed by atoms with Gasteiger partial charge in [0, 0.05) is 29.8 Å². The molecule has 1 unspecified atom stereocenters. The van der Waals surface area contributed by atoms with Crippen molar-refractivity contribution in [1.82, 2.24) is 4.90 Å². The van der Waals surface area contributed by atoms with Crippen LogP contribution in [0.3, 0.4) is 0 Å². The molecular weight excluding hydrogens is 306 g/mol. The van der Waals surface area contributed by atoms with Crippen LogP contribution in [0.15, 0.2) is 18.2 Å². The molecule has 0 spiro atoms. The van der Waals surface area contributed by atoms with Crippen LogP contribution < -0.4 is 5.73 Å². The normalized spacial score (nSPS) is 17.7. The summed E-state index contributed by atoms with van der Waals surface area (Å²) in [5, 5.41) is 10.8. The zero-order valence-corrected chi connectivity index (χ0v) is 13.5. The third-order valence-corrected chi connectivity index (χ3v) is 4.03. The Morgan fingerprint density at radius 3 is 2.77 bits per heavy atom. The Labute approximate surface area is 136 Å². The molecule has 0 bridgehead atoms. The molecule has 1 heterocycles. The summed E-state index contributed by atoms with van der Waals surface area (Å²) < 4.78 is 0. The summed E-state index contributed by atoms with van der Waals surface area (Å²) in [4.78, 5) is 24.9. The predicted molar refractivity (Wildman–Crippen MR) is 87.4 cm³/mol. The minimum absolute atomic E-state index is 0. The summed E-state index contributed by atoms with van der Waals surface area (Å²) in [6, 6.07) is 4.74. The lowest BCUT2D eigenvalue weighted by molar-refractivity contribution is -0.385. The van der Waals surface area contributed by atoms with Crippen LogP contribution in [0.5, 0.6) is 0 Å². The number of halogens is 1. The van der Waals surface area contributed by atoms with E-state index in [1.165, 1.54) is 6.07 Å². The second kappa shape index (κ2) is 8.10. The van der Waals surface area contributed by atoms with Crippen LogP contribution in [0.2, 0.25) is 0 Å². The van der Waals surface area contributed by atoms with Gasteiger partial charge in [0.25, 0.3) is 11.6 Å². The van der Waals surface area contributed by atoms with Crippen LogP contribution in [0, 0.1) is 17.0 Å². The minimum Gasteiger partial charge on any atom is -0.336 e. The van der Waals surface area contributed by atoms with E-state index in [0.29, 0.717) is 17.7 Å². The van der Waals surface area contributed by atoms with Crippen molar-refractivity contribution in [2.45, 2.75) is 38.6 Å². The van der Waals surface area contributed by atoms with Gasteiger partial charge >= 0.3 is 0 Å². The Morgan fingerprint density at radius 2 is 2.18 bits per heavy atom. The number of piperidine rings is 1. The molecular formula is C15H22ClN3O3. The number of hydrogen-bond donors (Lipinski definition) is 1. The van der Waals surface area contributed by atoms with Crippen molar-refractivity contribution in [2.75, 3.05) is 13.1 Å². The molecule has 6 nitrogen and oxygen atoms in total. The van der Waals surface area contributed by atoms with Gasteiger partial charge in [-0.15, -0.1) is 12.4 Å². The molecule has 1 amide bonds. The first kappa shape index (κ1) is 18.4. The fourth-order valence-electron chi connectivity index (χ4n) is 2.92. The van der Waals surface area contributed by atoms with Gasteiger partial charge in [-0.25, -0.2) is 0 Å². The number of benzene rings is 1. The molecule has 0 radical (unpaired) electrons. The van der Waals surface area contributed by atoms with E-state index in [1.807, 2.05) is 4.90 Å². The number of likely N-dealkylation sites (tertiary alicyclic amines) is 1. The number of carbonyl (C=O) groups excluding carboxylic acids is 1. The van der Waals surface area contributed by atoms with E-state index >= 15 is 0 Å². The zero-order valence-electron chi connectivity index (χ0n) is 12.7. The first-order chi connectivity index (χ1) is 10.0. The number of nitrogens with two attached hydrogens (primary N) is 1. The van der Waals surface area contributed by atoms with Gasteiger partial charge in [-0.05, 0) is 51.3 Å². The Bertz CT molecular complexity index is 549. The van der Waals surface area contributed by atoms with E-state index in [4.69, 9.17) is 5.73 Å². The molecule has 1 atom stereocenters. The third-order valence-electron chi connectivity index (χ3n) is 4.03. The lowest BCUT2D eigenvalue weighted by atomic mass is 9.98. The molecule has 1 aliphatic rings. The number of nitro groups is 1. The number of nitro benzene ring substituents is 1. The highest BCUT2D eigenvalue weighted by molar-refractivity contribution is 5.95. The number of hydrogen-bond acceptors (Lipinski definition) is 4. The second-order valence-electron chi connectivity index (χ2n) is 5.48. The van der Waals surface area contributed by atoms with Gasteiger partial charge in [0.1, 0.15) is 0 Å². The second-order valence-corrected chi connectivity index (χ2v) is 5.48. The summed E-state index contributed by atoms with van der Waals surface area (Å²) in [6.45, 7) is 2.95. The van der Waals surface area contributed by atoms with Crippen molar-refractivity contribution >= 4 is 24.0 Å². The van der Waals surface area contributed by atoms with Gasteiger partial charge in [0.2, 0.25) is 0 Å². The van der Waals surface area contributed by atoms with E-state index in [1.54, 1.807) is 19.1 Å². The van der Waals surface area contributed by atoms with Crippen LogP contribution >= 0.6 is 12.4 Å². The molecule has 0 aromatic heterocycles. The summed E-state index contributed by atoms with van der Waals surface area (Å²) in [5.74, 6) is -0.0499. The fraction of sp³-hybridized carbons (Fsp3) is 0.533. The Hall–Kier alpha value is -1.66. The standard InChI is InChI=1S/C15H21N3O3.ClH/c1-11-10-12(5-6-14(11)18(20)21)15(19)17-9-3-2-4-13(17)7-8-16;/h5-6,10,13H,2-4,7-9,16H2,1H3;1H. The molecule has 1 aromatic carbocycles. The summed E-state index contributed by atoms with van der Waals surface area (Å²) in [5.41, 5.74) is 6.70. The van der Waals surface area contributed by atoms with Crippen LogP contribution in [-0.4, -0.2) is 34.9 Å². The summed E-state index contributed by atoms with van der Waals surface area (Å²) in [6.07, 6.45) is 3.90. The predicted octanol–water partition coefficient (Wildman–Crippen LogP) is 2.67. The lowest BCUT2D eigenvalue weighted by Gasteiger charge is -2.35. The van der Waals surface area contributed by atoms with E-state index in [9.17, 15) is 14.9 Å². The zero-order chi connectivity index (χ0) is 15.4. The van der Waals surface area contributed by atoms with Crippen molar-refractivity contribution < 1.29 is 9.72 Å². The van der Waals surface area contributed by atoms with Crippen molar-refractivity contribution in [2.24, 2.45) is 5.73 Å². The summed E-state index contributed by atoms with van der Waals surface area (Å²) >= 11 is 0. The average molecular weight is 328 g/mol. The van der Waals surface area contributed by atoms with Crippen LogP contribution in [0.25, 0.3) is 0 Å². The first-order valence-corrected chi connectivity index (χ1v) is 7.30. The topological polar surface area (TPSA) is 89.5 Å². The first-order valence-electron chi connectivity index (χ1n) is 7.30. The van der Waals surface area contributed by atoms with Crippen molar-refractivity contribution in [3.8, 4) is 0 Å². The maximum atomic E-state index is 12.6. The summed E-state index contributed by atoms with van der Waals surface area (Å²) in [7, 11) is 0. The van der Waals surface area contributed by atoms with Gasteiger partial charge in [0.15, 0.2) is 0 Å². The fourth-order valence-corrected chi connectivity index (χ4v) is 2.92. The van der Waals surface area contributed by atoms with E-state index in [2.05, 4.69) is 0 Å². The quantitative estimate of drug-likeness (QED) is 0.680. The van der Waals surface area contributed by atoms with Crippen molar-refractivity contribution in [3.63, 3.8) is 0 Å². The number of rotatable bonds is 4. The van der Waals surface area contributed by atoms with Gasteiger partial charge in [-0.1, -0.05) is 0 Å². The van der Waals surface area contributed by atoms with Gasteiger partial charge < -0.3 is 10.6 Å². The number of amides is 1. The molecule has 1 aliphatic heterocycles. The highest BCUT2D eigenvalue weighted by Crippen LogP contribution is 2.24. The monoisotopic (exact) mass is 327 g/mol. The molecule has 1 aromatic rings. The van der Waals surface area contributed by atoms with Crippen LogP contribution in [0.4, 0.5) is 5.69 Å². The minimum atomic E-state index is -0.429. The molecule has 0 aliphatic carbocycles. The SMILES string of the molecule is Cc1cc(C(=O)N2CCCCC2CCN)ccc1[N+](=O)[O-].Cl. The molecule has 22 heavy (non-hydrogen) atoms. The Kier molecular flexibility index (Phi) is 6.77. The largest absolute Gasteiger partial charge is 0.336 e. The van der Waals surface area contributed by atoms with Crippen LogP contribution in [0.1, 0.15) is 41.6 Å². The number of carbonyl (C=O) groups is 1. The van der Waals surface area contributed by atoms with Gasteiger partial charge in [0.05, 0.1) is 4.92 Å². The van der Waals surface area contributed by atoms with E-state index in [0.717, 1.165) is 32.2 Å². The molecule has 1 saturated heterocycles. The molecule has 2 rings (SSSR count). The Balaban J connectivity index is 0.00000242. The molecule has 1 fully saturated rings.